The second kappa shape index (κ2) is 9.56. The third kappa shape index (κ3) is 6.13. The number of hydrogen-bond acceptors (Lipinski definition) is 4. The first-order valence-corrected chi connectivity index (χ1v) is 8.02. The lowest BCUT2D eigenvalue weighted by Gasteiger charge is -2.34. The third-order valence-corrected chi connectivity index (χ3v) is 4.02. The maximum absolute atomic E-state index is 12.0. The number of amides is 1. The lowest BCUT2D eigenvalue weighted by Crippen LogP contribution is -2.50. The standard InChI is InChI=1S/C17H27N3O2/c1-22-14-13-19-9-11-20(12-10-19)15-17(21)18-8-7-16-5-3-2-4-6-16/h2-6H,7-15H2,1H3,(H,18,21). The Bertz CT molecular complexity index is 431. The second-order valence-corrected chi connectivity index (χ2v) is 5.70. The summed E-state index contributed by atoms with van der Waals surface area (Å²) in [5, 5.41) is 3.01. The van der Waals surface area contributed by atoms with Gasteiger partial charge in [-0.2, -0.15) is 0 Å². The van der Waals surface area contributed by atoms with Crippen LogP contribution in [0.15, 0.2) is 30.3 Å². The Morgan fingerprint density at radius 3 is 2.50 bits per heavy atom. The highest BCUT2D eigenvalue weighted by Gasteiger charge is 2.18. The summed E-state index contributed by atoms with van der Waals surface area (Å²) in [6, 6.07) is 10.2. The average molecular weight is 305 g/mol. The summed E-state index contributed by atoms with van der Waals surface area (Å²) >= 11 is 0. The first-order valence-electron chi connectivity index (χ1n) is 8.02. The molecule has 1 N–H and O–H groups in total. The van der Waals surface area contributed by atoms with Gasteiger partial charge in [-0.15, -0.1) is 0 Å². The SMILES string of the molecule is COCCN1CCN(CC(=O)NCCc2ccccc2)CC1. The van der Waals surface area contributed by atoms with E-state index >= 15 is 0 Å². The van der Waals surface area contributed by atoms with Crippen molar-refractivity contribution in [3.63, 3.8) is 0 Å². The molecule has 0 spiro atoms. The van der Waals surface area contributed by atoms with Gasteiger partial charge in [0.05, 0.1) is 13.2 Å². The van der Waals surface area contributed by atoms with Crippen molar-refractivity contribution < 1.29 is 9.53 Å². The summed E-state index contributed by atoms with van der Waals surface area (Å²) in [4.78, 5) is 16.6. The van der Waals surface area contributed by atoms with Crippen LogP contribution in [0.3, 0.4) is 0 Å². The van der Waals surface area contributed by atoms with Gasteiger partial charge in [-0.3, -0.25) is 14.6 Å². The highest BCUT2D eigenvalue weighted by molar-refractivity contribution is 5.78. The van der Waals surface area contributed by atoms with Crippen LogP contribution in [-0.4, -0.2) is 75.2 Å². The van der Waals surface area contributed by atoms with Gasteiger partial charge in [0.25, 0.3) is 0 Å². The van der Waals surface area contributed by atoms with Crippen LogP contribution in [0.5, 0.6) is 0 Å². The van der Waals surface area contributed by atoms with Gasteiger partial charge < -0.3 is 10.1 Å². The molecule has 1 aromatic rings. The number of benzene rings is 1. The molecule has 0 aliphatic carbocycles. The van der Waals surface area contributed by atoms with Crippen LogP contribution in [0.2, 0.25) is 0 Å². The predicted molar refractivity (Wildman–Crippen MR) is 87.9 cm³/mol. The van der Waals surface area contributed by atoms with E-state index in [0.717, 1.165) is 45.8 Å². The smallest absolute Gasteiger partial charge is 0.234 e. The van der Waals surface area contributed by atoms with E-state index in [0.29, 0.717) is 13.1 Å². The molecule has 0 saturated carbocycles. The van der Waals surface area contributed by atoms with E-state index in [-0.39, 0.29) is 5.91 Å². The maximum atomic E-state index is 12.0. The van der Waals surface area contributed by atoms with Gasteiger partial charge >= 0.3 is 0 Å². The minimum Gasteiger partial charge on any atom is -0.383 e. The number of ether oxygens (including phenoxy) is 1. The fraction of sp³-hybridized carbons (Fsp3) is 0.588. The van der Waals surface area contributed by atoms with Gasteiger partial charge in [-0.05, 0) is 12.0 Å². The van der Waals surface area contributed by atoms with Crippen molar-refractivity contribution in [3.8, 4) is 0 Å². The van der Waals surface area contributed by atoms with E-state index in [1.807, 2.05) is 18.2 Å². The number of carbonyl (C=O) groups is 1. The Balaban J connectivity index is 1.58. The van der Waals surface area contributed by atoms with Gasteiger partial charge in [0.15, 0.2) is 0 Å². The minimum atomic E-state index is 0.126. The lowest BCUT2D eigenvalue weighted by molar-refractivity contribution is -0.122. The van der Waals surface area contributed by atoms with Crippen molar-refractivity contribution in [3.05, 3.63) is 35.9 Å². The molecule has 1 saturated heterocycles. The molecule has 5 nitrogen and oxygen atoms in total. The number of piperazine rings is 1. The minimum absolute atomic E-state index is 0.126. The van der Waals surface area contributed by atoms with E-state index in [2.05, 4.69) is 27.2 Å². The van der Waals surface area contributed by atoms with E-state index < -0.39 is 0 Å². The van der Waals surface area contributed by atoms with Crippen molar-refractivity contribution >= 4 is 5.91 Å². The molecule has 1 aliphatic heterocycles. The molecule has 1 fully saturated rings. The van der Waals surface area contributed by atoms with Crippen LogP contribution in [0, 0.1) is 0 Å². The monoisotopic (exact) mass is 305 g/mol. The van der Waals surface area contributed by atoms with E-state index in [1.165, 1.54) is 5.56 Å². The normalized spacial score (nSPS) is 16.6. The molecule has 2 rings (SSSR count). The summed E-state index contributed by atoms with van der Waals surface area (Å²) in [5.41, 5.74) is 1.26. The van der Waals surface area contributed by atoms with Crippen LogP contribution >= 0.6 is 0 Å². The quantitative estimate of drug-likeness (QED) is 0.764. The predicted octanol–water partition coefficient (Wildman–Crippen LogP) is 0.609. The molecule has 1 aliphatic rings. The van der Waals surface area contributed by atoms with Crippen LogP contribution in [0.4, 0.5) is 0 Å². The maximum Gasteiger partial charge on any atom is 0.234 e. The third-order valence-electron chi connectivity index (χ3n) is 4.02. The number of hydrogen-bond donors (Lipinski definition) is 1. The van der Waals surface area contributed by atoms with Gasteiger partial charge in [0.2, 0.25) is 5.91 Å². The van der Waals surface area contributed by atoms with Crippen molar-refractivity contribution in [2.45, 2.75) is 6.42 Å². The average Bonchev–Trinajstić information content (AvgIpc) is 2.55. The van der Waals surface area contributed by atoms with Crippen molar-refractivity contribution in [1.82, 2.24) is 15.1 Å². The molecule has 122 valence electrons. The zero-order valence-corrected chi connectivity index (χ0v) is 13.5. The summed E-state index contributed by atoms with van der Waals surface area (Å²) in [6.45, 7) is 6.91. The summed E-state index contributed by atoms with van der Waals surface area (Å²) in [7, 11) is 1.73. The van der Waals surface area contributed by atoms with Crippen LogP contribution in [0.1, 0.15) is 5.56 Å². The molecule has 0 radical (unpaired) electrons. The Kier molecular flexibility index (Phi) is 7.36. The molecule has 0 unspecified atom stereocenters. The van der Waals surface area contributed by atoms with E-state index in [4.69, 9.17) is 4.74 Å². The molecule has 5 heteroatoms. The molecule has 1 amide bonds. The van der Waals surface area contributed by atoms with Gasteiger partial charge in [-0.1, -0.05) is 30.3 Å². The number of rotatable bonds is 8. The number of carbonyl (C=O) groups excluding carboxylic acids is 1. The highest BCUT2D eigenvalue weighted by Crippen LogP contribution is 2.01. The highest BCUT2D eigenvalue weighted by atomic mass is 16.5. The molecule has 1 aromatic carbocycles. The van der Waals surface area contributed by atoms with Crippen LogP contribution in [-0.2, 0) is 16.0 Å². The Morgan fingerprint density at radius 2 is 1.82 bits per heavy atom. The van der Waals surface area contributed by atoms with Gasteiger partial charge in [0.1, 0.15) is 0 Å². The van der Waals surface area contributed by atoms with Crippen molar-refractivity contribution in [2.24, 2.45) is 0 Å². The molecule has 0 bridgehead atoms. The van der Waals surface area contributed by atoms with Gasteiger partial charge in [0, 0.05) is 46.4 Å². The zero-order chi connectivity index (χ0) is 15.6. The second-order valence-electron chi connectivity index (χ2n) is 5.70. The van der Waals surface area contributed by atoms with E-state index in [1.54, 1.807) is 7.11 Å². The summed E-state index contributed by atoms with van der Waals surface area (Å²) in [6.07, 6.45) is 0.886. The first-order chi connectivity index (χ1) is 10.8. The Hall–Kier alpha value is -1.43. The number of nitrogens with zero attached hydrogens (tertiary/aromatic N) is 2. The van der Waals surface area contributed by atoms with Crippen molar-refractivity contribution in [1.29, 1.82) is 0 Å². The topological polar surface area (TPSA) is 44.8 Å². The fourth-order valence-corrected chi connectivity index (χ4v) is 2.64. The molecule has 22 heavy (non-hydrogen) atoms. The number of nitrogens with one attached hydrogen (secondary N) is 1. The van der Waals surface area contributed by atoms with Gasteiger partial charge in [-0.25, -0.2) is 0 Å². The van der Waals surface area contributed by atoms with Crippen molar-refractivity contribution in [2.75, 3.05) is 59.5 Å². The first kappa shape index (κ1) is 16.9. The largest absolute Gasteiger partial charge is 0.383 e. The molecular formula is C17H27N3O2. The number of methoxy groups -OCH3 is 1. The Morgan fingerprint density at radius 1 is 1.14 bits per heavy atom. The lowest BCUT2D eigenvalue weighted by atomic mass is 10.1. The summed E-state index contributed by atoms with van der Waals surface area (Å²) < 4.78 is 5.10. The molecular weight excluding hydrogens is 278 g/mol. The van der Waals surface area contributed by atoms with E-state index in [9.17, 15) is 4.79 Å². The molecule has 0 atom stereocenters. The molecule has 1 heterocycles. The molecule has 0 aromatic heterocycles. The zero-order valence-electron chi connectivity index (χ0n) is 13.5. The Labute approximate surface area is 133 Å². The fourth-order valence-electron chi connectivity index (χ4n) is 2.64. The van der Waals surface area contributed by atoms with Crippen LogP contribution < -0.4 is 5.32 Å². The van der Waals surface area contributed by atoms with Crippen LogP contribution in [0.25, 0.3) is 0 Å². The summed E-state index contributed by atoms with van der Waals surface area (Å²) in [5.74, 6) is 0.126.